The molecular formula is C19H31ClN4O. The summed E-state index contributed by atoms with van der Waals surface area (Å²) in [6.45, 7) is 7.28. The van der Waals surface area contributed by atoms with Crippen LogP contribution in [0.15, 0.2) is 24.9 Å². The van der Waals surface area contributed by atoms with E-state index < -0.39 is 0 Å². The number of halogens is 1. The van der Waals surface area contributed by atoms with Crippen molar-refractivity contribution in [1.82, 2.24) is 20.0 Å². The van der Waals surface area contributed by atoms with Gasteiger partial charge in [0.25, 0.3) is 5.91 Å². The molecule has 3 rings (SSSR count). The molecule has 2 heterocycles. The Morgan fingerprint density at radius 3 is 2.80 bits per heavy atom. The maximum Gasteiger partial charge on any atom is 0.274 e. The normalized spacial score (nSPS) is 21.4. The Kier molecular flexibility index (Phi) is 7.97. The molecule has 0 spiro atoms. The van der Waals surface area contributed by atoms with Crippen LogP contribution < -0.4 is 5.32 Å². The van der Waals surface area contributed by atoms with Crippen molar-refractivity contribution in [1.29, 1.82) is 0 Å². The van der Waals surface area contributed by atoms with Gasteiger partial charge in [-0.15, -0.1) is 19.0 Å². The quantitative estimate of drug-likeness (QED) is 0.784. The van der Waals surface area contributed by atoms with E-state index in [0.717, 1.165) is 32.5 Å². The van der Waals surface area contributed by atoms with Gasteiger partial charge in [-0.3, -0.25) is 9.48 Å². The van der Waals surface area contributed by atoms with Gasteiger partial charge in [-0.1, -0.05) is 25.3 Å². The molecule has 1 aromatic heterocycles. The predicted molar refractivity (Wildman–Crippen MR) is 103 cm³/mol. The molecular weight excluding hydrogens is 336 g/mol. The van der Waals surface area contributed by atoms with E-state index in [1.165, 1.54) is 32.1 Å². The minimum absolute atomic E-state index is 0. The summed E-state index contributed by atoms with van der Waals surface area (Å²) in [5.74, 6) is 0.676. The highest BCUT2D eigenvalue weighted by Crippen LogP contribution is 2.25. The number of nitrogens with zero attached hydrogens (tertiary/aromatic N) is 3. The first-order chi connectivity index (χ1) is 11.8. The van der Waals surface area contributed by atoms with E-state index in [4.69, 9.17) is 0 Å². The molecule has 0 radical (unpaired) electrons. The molecule has 1 aromatic rings. The van der Waals surface area contributed by atoms with Gasteiger partial charge in [-0.05, 0) is 44.2 Å². The van der Waals surface area contributed by atoms with Crippen LogP contribution in [0.1, 0.15) is 61.5 Å². The Labute approximate surface area is 157 Å². The molecule has 1 N–H and O–H groups in total. The van der Waals surface area contributed by atoms with E-state index in [1.54, 1.807) is 0 Å². The second kappa shape index (κ2) is 9.97. The molecule has 1 aliphatic heterocycles. The molecule has 1 atom stereocenters. The minimum Gasteiger partial charge on any atom is -0.333 e. The van der Waals surface area contributed by atoms with Crippen LogP contribution in [0.4, 0.5) is 0 Å². The zero-order valence-electron chi connectivity index (χ0n) is 15.0. The number of piperidine rings is 1. The molecule has 2 aliphatic rings. The van der Waals surface area contributed by atoms with Crippen molar-refractivity contribution in [2.45, 2.75) is 51.0 Å². The van der Waals surface area contributed by atoms with Crippen molar-refractivity contribution in [3.63, 3.8) is 0 Å². The zero-order valence-corrected chi connectivity index (χ0v) is 15.8. The molecule has 1 amide bonds. The third-order valence-corrected chi connectivity index (χ3v) is 5.31. The fraction of sp³-hybridized carbons (Fsp3) is 0.684. The molecule has 5 nitrogen and oxygen atoms in total. The van der Waals surface area contributed by atoms with Gasteiger partial charge in [0.1, 0.15) is 5.69 Å². The lowest BCUT2D eigenvalue weighted by Crippen LogP contribution is -2.36. The number of nitrogens with one attached hydrogen (secondary N) is 1. The smallest absolute Gasteiger partial charge is 0.274 e. The Balaban J connectivity index is 0.00000225. The SMILES string of the molecule is C=CCN(CC1CCCCC1)C(=O)c1ccn(C2CCCNC2)n1.Cl. The molecule has 6 heteroatoms. The Morgan fingerprint density at radius 2 is 2.12 bits per heavy atom. The van der Waals surface area contributed by atoms with Crippen LogP contribution in [0, 0.1) is 5.92 Å². The van der Waals surface area contributed by atoms with Gasteiger partial charge in [0.15, 0.2) is 0 Å². The summed E-state index contributed by atoms with van der Waals surface area (Å²) in [5, 5.41) is 7.98. The van der Waals surface area contributed by atoms with Crippen LogP contribution in [0.25, 0.3) is 0 Å². The number of amides is 1. The van der Waals surface area contributed by atoms with Crippen LogP contribution in [0.5, 0.6) is 0 Å². The van der Waals surface area contributed by atoms with Crippen LogP contribution in [0.3, 0.4) is 0 Å². The van der Waals surface area contributed by atoms with Gasteiger partial charge in [0.05, 0.1) is 6.04 Å². The molecule has 0 bridgehead atoms. The number of aromatic nitrogens is 2. The van der Waals surface area contributed by atoms with Gasteiger partial charge < -0.3 is 10.2 Å². The van der Waals surface area contributed by atoms with E-state index >= 15 is 0 Å². The van der Waals surface area contributed by atoms with Crippen LogP contribution in [0.2, 0.25) is 0 Å². The molecule has 0 aromatic carbocycles. The van der Waals surface area contributed by atoms with Crippen molar-refractivity contribution >= 4 is 18.3 Å². The summed E-state index contributed by atoms with van der Waals surface area (Å²) in [6, 6.07) is 2.24. The number of rotatable bonds is 6. The van der Waals surface area contributed by atoms with Crippen LogP contribution >= 0.6 is 12.4 Å². The first-order valence-corrected chi connectivity index (χ1v) is 9.44. The number of hydrogen-bond acceptors (Lipinski definition) is 3. The summed E-state index contributed by atoms with van der Waals surface area (Å²) < 4.78 is 1.96. The summed E-state index contributed by atoms with van der Waals surface area (Å²) in [7, 11) is 0. The maximum absolute atomic E-state index is 12.9. The largest absolute Gasteiger partial charge is 0.333 e. The van der Waals surface area contributed by atoms with E-state index in [0.29, 0.717) is 24.2 Å². The molecule has 1 unspecified atom stereocenters. The third-order valence-electron chi connectivity index (χ3n) is 5.31. The Morgan fingerprint density at radius 1 is 1.32 bits per heavy atom. The Bertz CT molecular complexity index is 547. The van der Waals surface area contributed by atoms with E-state index in [9.17, 15) is 4.79 Å². The molecule has 140 valence electrons. The minimum atomic E-state index is 0. The predicted octanol–water partition coefficient (Wildman–Crippen LogP) is 3.44. The van der Waals surface area contributed by atoms with Crippen LogP contribution in [-0.2, 0) is 0 Å². The highest BCUT2D eigenvalue weighted by atomic mass is 35.5. The van der Waals surface area contributed by atoms with Gasteiger partial charge in [0.2, 0.25) is 0 Å². The van der Waals surface area contributed by atoms with Crippen LogP contribution in [-0.4, -0.2) is 46.8 Å². The van der Waals surface area contributed by atoms with Gasteiger partial charge >= 0.3 is 0 Å². The van der Waals surface area contributed by atoms with E-state index in [2.05, 4.69) is 17.0 Å². The molecule has 1 aliphatic carbocycles. The molecule has 25 heavy (non-hydrogen) atoms. The standard InChI is InChI=1S/C19H30N4O.ClH/c1-2-12-22(15-16-7-4-3-5-8-16)19(24)18-10-13-23(21-18)17-9-6-11-20-14-17;/h2,10,13,16-17,20H,1,3-9,11-12,14-15H2;1H. The lowest BCUT2D eigenvalue weighted by molar-refractivity contribution is 0.0728. The van der Waals surface area contributed by atoms with Crippen molar-refractivity contribution in [2.75, 3.05) is 26.2 Å². The van der Waals surface area contributed by atoms with E-state index in [1.807, 2.05) is 27.9 Å². The molecule has 2 fully saturated rings. The third kappa shape index (κ3) is 5.32. The zero-order chi connectivity index (χ0) is 16.8. The number of hydrogen-bond donors (Lipinski definition) is 1. The topological polar surface area (TPSA) is 50.2 Å². The first kappa shape index (κ1) is 20.0. The first-order valence-electron chi connectivity index (χ1n) is 9.44. The highest BCUT2D eigenvalue weighted by Gasteiger charge is 2.24. The fourth-order valence-electron chi connectivity index (χ4n) is 3.95. The number of carbonyl (C=O) groups excluding carboxylic acids is 1. The maximum atomic E-state index is 12.9. The summed E-state index contributed by atoms with van der Waals surface area (Å²) in [6.07, 6.45) is 12.5. The second-order valence-corrected chi connectivity index (χ2v) is 7.18. The summed E-state index contributed by atoms with van der Waals surface area (Å²) in [5.41, 5.74) is 0.568. The average Bonchev–Trinajstić information content (AvgIpc) is 3.12. The van der Waals surface area contributed by atoms with Crippen molar-refractivity contribution in [2.24, 2.45) is 5.92 Å². The van der Waals surface area contributed by atoms with Gasteiger partial charge in [-0.25, -0.2) is 0 Å². The summed E-state index contributed by atoms with van der Waals surface area (Å²) >= 11 is 0. The summed E-state index contributed by atoms with van der Waals surface area (Å²) in [4.78, 5) is 14.8. The van der Waals surface area contributed by atoms with Crippen molar-refractivity contribution < 1.29 is 4.79 Å². The van der Waals surface area contributed by atoms with E-state index in [-0.39, 0.29) is 18.3 Å². The molecule has 1 saturated heterocycles. The lowest BCUT2D eigenvalue weighted by Gasteiger charge is -2.28. The van der Waals surface area contributed by atoms with Crippen molar-refractivity contribution in [3.05, 3.63) is 30.6 Å². The Hall–Kier alpha value is -1.33. The second-order valence-electron chi connectivity index (χ2n) is 7.18. The number of carbonyl (C=O) groups is 1. The van der Waals surface area contributed by atoms with Gasteiger partial charge in [0, 0.05) is 25.8 Å². The fourth-order valence-corrected chi connectivity index (χ4v) is 3.95. The molecule has 1 saturated carbocycles. The van der Waals surface area contributed by atoms with Gasteiger partial charge in [-0.2, -0.15) is 5.10 Å². The lowest BCUT2D eigenvalue weighted by atomic mass is 9.89. The monoisotopic (exact) mass is 366 g/mol. The average molecular weight is 367 g/mol. The highest BCUT2D eigenvalue weighted by molar-refractivity contribution is 5.92. The van der Waals surface area contributed by atoms with Crippen molar-refractivity contribution in [3.8, 4) is 0 Å².